The van der Waals surface area contributed by atoms with Gasteiger partial charge in [-0.15, -0.1) is 6.58 Å². The molecule has 0 bridgehead atoms. The minimum Gasteiger partial charge on any atom is -0.208 e. The van der Waals surface area contributed by atoms with Crippen LogP contribution in [-0.4, -0.2) is 0 Å². The molecule has 206 valence electrons. The molecule has 2 aromatic rings. The highest BCUT2D eigenvalue weighted by atomic mass is 19.2. The molecule has 1 fully saturated rings. The van der Waals surface area contributed by atoms with Gasteiger partial charge in [0, 0.05) is 17.0 Å². The standard InChI is InChI=1S/C35H38F4/c1-3-4-5-28-18-19-29(33(37)32(28)36)26-14-16-27(17-15-26)31-21-20-30(34(38)35(31)39)25-12-10-24(11-13-25)23-8-6-22(2)7-9-23/h3,12,14-18,20-24,29H,1,4-11,13,19H2,2H3. The fourth-order valence-electron chi connectivity index (χ4n) is 6.71. The lowest BCUT2D eigenvalue weighted by Crippen LogP contribution is -2.22. The summed E-state index contributed by atoms with van der Waals surface area (Å²) >= 11 is 0. The van der Waals surface area contributed by atoms with Gasteiger partial charge in [-0.05, 0) is 91.4 Å². The smallest absolute Gasteiger partial charge is 0.167 e. The molecule has 0 amide bonds. The molecule has 0 nitrogen and oxygen atoms in total. The number of hydrogen-bond donors (Lipinski definition) is 0. The molecule has 3 aliphatic carbocycles. The molecule has 0 aliphatic heterocycles. The van der Waals surface area contributed by atoms with E-state index < -0.39 is 29.2 Å². The van der Waals surface area contributed by atoms with Crippen molar-refractivity contribution in [2.75, 3.05) is 0 Å². The molecule has 0 radical (unpaired) electrons. The van der Waals surface area contributed by atoms with E-state index in [1.54, 1.807) is 48.6 Å². The summed E-state index contributed by atoms with van der Waals surface area (Å²) in [4.78, 5) is 0. The maximum absolute atomic E-state index is 15.3. The Hall–Kier alpha value is -2.88. The van der Waals surface area contributed by atoms with E-state index in [-0.39, 0.29) is 5.56 Å². The predicted molar refractivity (Wildman–Crippen MR) is 152 cm³/mol. The quantitative estimate of drug-likeness (QED) is 0.245. The Morgan fingerprint density at radius 3 is 2.15 bits per heavy atom. The monoisotopic (exact) mass is 534 g/mol. The molecule has 0 N–H and O–H groups in total. The zero-order valence-electron chi connectivity index (χ0n) is 22.8. The van der Waals surface area contributed by atoms with E-state index >= 15 is 8.78 Å². The van der Waals surface area contributed by atoms with Crippen LogP contribution < -0.4 is 0 Å². The van der Waals surface area contributed by atoms with Gasteiger partial charge in [0.15, 0.2) is 17.5 Å². The minimum absolute atomic E-state index is 0.172. The molecular formula is C35H38F4. The van der Waals surface area contributed by atoms with Gasteiger partial charge in [-0.2, -0.15) is 0 Å². The van der Waals surface area contributed by atoms with Crippen molar-refractivity contribution < 1.29 is 17.6 Å². The molecule has 2 unspecified atom stereocenters. The fourth-order valence-corrected chi connectivity index (χ4v) is 6.71. The molecule has 3 aliphatic rings. The lowest BCUT2D eigenvalue weighted by molar-refractivity contribution is 0.202. The van der Waals surface area contributed by atoms with E-state index in [0.717, 1.165) is 36.7 Å². The van der Waals surface area contributed by atoms with Gasteiger partial charge < -0.3 is 0 Å². The Morgan fingerprint density at radius 1 is 0.795 bits per heavy atom. The summed E-state index contributed by atoms with van der Waals surface area (Å²) in [5.74, 6) is -1.72. The summed E-state index contributed by atoms with van der Waals surface area (Å²) in [6.07, 6.45) is 14.9. The first-order valence-electron chi connectivity index (χ1n) is 14.5. The molecule has 4 heteroatoms. The molecule has 2 aromatic carbocycles. The van der Waals surface area contributed by atoms with Crippen molar-refractivity contribution in [3.05, 3.63) is 101 Å². The van der Waals surface area contributed by atoms with Crippen LogP contribution in [0.3, 0.4) is 0 Å². The highest BCUT2D eigenvalue weighted by Gasteiger charge is 2.29. The minimum atomic E-state index is -0.867. The lowest BCUT2D eigenvalue weighted by atomic mass is 9.71. The second-order valence-corrected chi connectivity index (χ2v) is 11.7. The number of benzene rings is 2. The van der Waals surface area contributed by atoms with Crippen molar-refractivity contribution in [2.24, 2.45) is 17.8 Å². The van der Waals surface area contributed by atoms with Crippen molar-refractivity contribution in [3.8, 4) is 11.1 Å². The second-order valence-electron chi connectivity index (χ2n) is 11.7. The largest absolute Gasteiger partial charge is 0.208 e. The molecule has 0 heterocycles. The Morgan fingerprint density at radius 2 is 1.49 bits per heavy atom. The van der Waals surface area contributed by atoms with Gasteiger partial charge in [-0.1, -0.05) is 74.4 Å². The third-order valence-corrected chi connectivity index (χ3v) is 9.25. The molecule has 1 saturated carbocycles. The van der Waals surface area contributed by atoms with Crippen LogP contribution in [0, 0.1) is 29.4 Å². The number of allylic oxidation sites excluding steroid dienone is 7. The number of halogens is 4. The van der Waals surface area contributed by atoms with Crippen LogP contribution in [0.1, 0.15) is 88.2 Å². The highest BCUT2D eigenvalue weighted by Crippen LogP contribution is 2.43. The predicted octanol–water partition coefficient (Wildman–Crippen LogP) is 11.2. The zero-order valence-corrected chi connectivity index (χ0v) is 22.8. The van der Waals surface area contributed by atoms with Crippen LogP contribution in [0.2, 0.25) is 0 Å². The van der Waals surface area contributed by atoms with Crippen molar-refractivity contribution >= 4 is 5.57 Å². The van der Waals surface area contributed by atoms with Crippen LogP contribution in [0.5, 0.6) is 0 Å². The van der Waals surface area contributed by atoms with Gasteiger partial charge in [-0.3, -0.25) is 0 Å². The average molecular weight is 535 g/mol. The fraction of sp³-hybridized carbons (Fsp3) is 0.429. The summed E-state index contributed by atoms with van der Waals surface area (Å²) in [6.45, 7) is 5.96. The average Bonchev–Trinajstić information content (AvgIpc) is 2.96. The van der Waals surface area contributed by atoms with E-state index in [1.165, 1.54) is 25.7 Å². The maximum Gasteiger partial charge on any atom is 0.167 e. The molecule has 0 spiro atoms. The van der Waals surface area contributed by atoms with Crippen molar-refractivity contribution in [1.29, 1.82) is 0 Å². The van der Waals surface area contributed by atoms with Gasteiger partial charge in [0.05, 0.1) is 0 Å². The third-order valence-electron chi connectivity index (χ3n) is 9.25. The molecular weight excluding hydrogens is 496 g/mol. The first-order chi connectivity index (χ1) is 18.9. The summed E-state index contributed by atoms with van der Waals surface area (Å²) < 4.78 is 60.0. The molecule has 0 aromatic heterocycles. The second kappa shape index (κ2) is 12.1. The third kappa shape index (κ3) is 5.85. The molecule has 2 atom stereocenters. The Balaban J connectivity index is 1.29. The highest BCUT2D eigenvalue weighted by molar-refractivity contribution is 5.72. The van der Waals surface area contributed by atoms with Crippen molar-refractivity contribution in [3.63, 3.8) is 0 Å². The van der Waals surface area contributed by atoms with Crippen LogP contribution in [0.25, 0.3) is 16.7 Å². The first kappa shape index (κ1) is 27.7. The topological polar surface area (TPSA) is 0 Å². The van der Waals surface area contributed by atoms with Gasteiger partial charge in [-0.25, -0.2) is 17.6 Å². The SMILES string of the molecule is C=CCCC1=CCC(c2ccc(-c3ccc(C4=CCC(C5CCC(C)CC5)CC4)c(F)c3F)cc2)C(F)=C1F. The Labute approximate surface area is 230 Å². The van der Waals surface area contributed by atoms with E-state index in [2.05, 4.69) is 19.6 Å². The van der Waals surface area contributed by atoms with E-state index in [0.29, 0.717) is 47.4 Å². The lowest BCUT2D eigenvalue weighted by Gasteiger charge is -2.34. The zero-order chi connectivity index (χ0) is 27.5. The number of hydrogen-bond acceptors (Lipinski definition) is 0. The Bertz CT molecular complexity index is 1290. The normalized spacial score (nSPS) is 25.8. The maximum atomic E-state index is 15.3. The number of rotatable bonds is 7. The van der Waals surface area contributed by atoms with E-state index in [1.807, 2.05) is 0 Å². The summed E-state index contributed by atoms with van der Waals surface area (Å²) in [7, 11) is 0. The molecule has 5 rings (SSSR count). The van der Waals surface area contributed by atoms with Crippen LogP contribution >= 0.6 is 0 Å². The van der Waals surface area contributed by atoms with E-state index in [9.17, 15) is 8.78 Å². The van der Waals surface area contributed by atoms with Crippen LogP contribution in [-0.2, 0) is 0 Å². The summed E-state index contributed by atoms with van der Waals surface area (Å²) in [5.41, 5.74) is 2.92. The Kier molecular flexibility index (Phi) is 8.59. The van der Waals surface area contributed by atoms with Crippen LogP contribution in [0.15, 0.2) is 78.4 Å². The van der Waals surface area contributed by atoms with Gasteiger partial charge in [0.2, 0.25) is 0 Å². The van der Waals surface area contributed by atoms with Crippen molar-refractivity contribution in [2.45, 2.75) is 77.0 Å². The van der Waals surface area contributed by atoms with Gasteiger partial charge in [0.1, 0.15) is 5.83 Å². The van der Waals surface area contributed by atoms with E-state index in [4.69, 9.17) is 0 Å². The van der Waals surface area contributed by atoms with Gasteiger partial charge in [0.25, 0.3) is 0 Å². The summed E-state index contributed by atoms with van der Waals surface area (Å²) in [5, 5.41) is 0. The molecule has 0 saturated heterocycles. The molecule has 39 heavy (non-hydrogen) atoms. The van der Waals surface area contributed by atoms with Crippen LogP contribution in [0.4, 0.5) is 17.6 Å². The van der Waals surface area contributed by atoms with Gasteiger partial charge >= 0.3 is 0 Å². The van der Waals surface area contributed by atoms with Crippen molar-refractivity contribution in [1.82, 2.24) is 0 Å². The first-order valence-corrected chi connectivity index (χ1v) is 14.5. The summed E-state index contributed by atoms with van der Waals surface area (Å²) in [6, 6.07) is 9.99.